The molecule has 126 valence electrons. The van der Waals surface area contributed by atoms with Crippen LogP contribution in [0.4, 0.5) is 8.78 Å². The van der Waals surface area contributed by atoms with Crippen LogP contribution in [0.1, 0.15) is 27.6 Å². The summed E-state index contributed by atoms with van der Waals surface area (Å²) < 4.78 is 25.7. The van der Waals surface area contributed by atoms with Crippen LogP contribution in [-0.4, -0.2) is 36.3 Å². The van der Waals surface area contributed by atoms with Gasteiger partial charge in [0.2, 0.25) is 0 Å². The second kappa shape index (κ2) is 8.19. The Morgan fingerprint density at radius 1 is 0.917 bits per heavy atom. The van der Waals surface area contributed by atoms with Crippen LogP contribution in [0, 0.1) is 11.6 Å². The Hall–Kier alpha value is -2.76. The van der Waals surface area contributed by atoms with Crippen LogP contribution in [0.2, 0.25) is 0 Å². The van der Waals surface area contributed by atoms with Crippen molar-refractivity contribution in [2.75, 3.05) is 19.6 Å². The number of nitrogens with one attached hydrogen (secondary N) is 1. The summed E-state index contributed by atoms with van der Waals surface area (Å²) in [5, 5.41) is 2.68. The van der Waals surface area contributed by atoms with Gasteiger partial charge in [-0.05, 0) is 55.5 Å². The van der Waals surface area contributed by atoms with Gasteiger partial charge in [0.1, 0.15) is 11.6 Å². The molecule has 0 fully saturated rings. The lowest BCUT2D eigenvalue weighted by Gasteiger charge is -2.21. The highest BCUT2D eigenvalue weighted by Crippen LogP contribution is 2.07. The van der Waals surface area contributed by atoms with Crippen LogP contribution in [0.15, 0.2) is 48.5 Å². The second-order valence-electron chi connectivity index (χ2n) is 5.15. The van der Waals surface area contributed by atoms with Gasteiger partial charge in [-0.2, -0.15) is 0 Å². The molecule has 0 radical (unpaired) electrons. The summed E-state index contributed by atoms with van der Waals surface area (Å²) in [7, 11) is 0. The third kappa shape index (κ3) is 4.62. The molecule has 24 heavy (non-hydrogen) atoms. The third-order valence-corrected chi connectivity index (χ3v) is 3.53. The summed E-state index contributed by atoms with van der Waals surface area (Å²) in [6.45, 7) is 2.86. The van der Waals surface area contributed by atoms with Gasteiger partial charge < -0.3 is 10.2 Å². The fraction of sp³-hybridized carbons (Fsp3) is 0.222. The van der Waals surface area contributed by atoms with Crippen LogP contribution in [0.25, 0.3) is 0 Å². The number of likely N-dealkylation sites (N-methyl/N-ethyl adjacent to an activating group) is 1. The number of hydrogen-bond acceptors (Lipinski definition) is 2. The summed E-state index contributed by atoms with van der Waals surface area (Å²) in [5.41, 5.74) is 0.743. The van der Waals surface area contributed by atoms with Gasteiger partial charge >= 0.3 is 0 Å². The molecule has 0 saturated carbocycles. The molecule has 4 nitrogen and oxygen atoms in total. The number of hydrogen-bond donors (Lipinski definition) is 1. The quantitative estimate of drug-likeness (QED) is 0.884. The zero-order chi connectivity index (χ0) is 17.5. The van der Waals surface area contributed by atoms with Crippen molar-refractivity contribution in [3.8, 4) is 0 Å². The van der Waals surface area contributed by atoms with E-state index in [-0.39, 0.29) is 18.4 Å². The molecular weight excluding hydrogens is 314 g/mol. The zero-order valence-electron chi connectivity index (χ0n) is 13.3. The largest absolute Gasteiger partial charge is 0.350 e. The van der Waals surface area contributed by atoms with E-state index in [4.69, 9.17) is 0 Å². The zero-order valence-corrected chi connectivity index (χ0v) is 13.3. The van der Waals surface area contributed by atoms with Crippen LogP contribution >= 0.6 is 0 Å². The van der Waals surface area contributed by atoms with Gasteiger partial charge in [0.15, 0.2) is 0 Å². The Labute approximate surface area is 139 Å². The molecule has 0 heterocycles. The number of amides is 2. The summed E-state index contributed by atoms with van der Waals surface area (Å²) in [4.78, 5) is 25.8. The molecule has 0 atom stereocenters. The Morgan fingerprint density at radius 2 is 1.42 bits per heavy atom. The van der Waals surface area contributed by atoms with Gasteiger partial charge in [0, 0.05) is 30.8 Å². The van der Waals surface area contributed by atoms with Crippen molar-refractivity contribution in [1.82, 2.24) is 10.2 Å². The van der Waals surface area contributed by atoms with Crippen molar-refractivity contribution in [1.29, 1.82) is 0 Å². The number of nitrogens with zero attached hydrogens (tertiary/aromatic N) is 1. The first-order chi connectivity index (χ1) is 11.5. The predicted octanol–water partition coefficient (Wildman–Crippen LogP) is 2.86. The van der Waals surface area contributed by atoms with Crippen LogP contribution < -0.4 is 5.32 Å². The summed E-state index contributed by atoms with van der Waals surface area (Å²) in [5.74, 6) is -1.37. The van der Waals surface area contributed by atoms with Crippen molar-refractivity contribution in [2.24, 2.45) is 0 Å². The van der Waals surface area contributed by atoms with Gasteiger partial charge in [0.05, 0.1) is 0 Å². The molecule has 2 aromatic carbocycles. The number of rotatable bonds is 6. The molecule has 2 amide bonds. The molecule has 6 heteroatoms. The van der Waals surface area contributed by atoms with E-state index in [0.717, 1.165) is 0 Å². The topological polar surface area (TPSA) is 49.4 Å². The maximum atomic E-state index is 12.9. The second-order valence-corrected chi connectivity index (χ2v) is 5.15. The molecule has 0 bridgehead atoms. The average Bonchev–Trinajstić information content (AvgIpc) is 2.59. The molecule has 0 unspecified atom stereocenters. The molecule has 0 aliphatic heterocycles. The van der Waals surface area contributed by atoms with Crippen LogP contribution in [-0.2, 0) is 0 Å². The minimum atomic E-state index is -0.409. The van der Waals surface area contributed by atoms with E-state index in [2.05, 4.69) is 5.32 Å². The highest BCUT2D eigenvalue weighted by atomic mass is 19.1. The molecule has 0 aromatic heterocycles. The van der Waals surface area contributed by atoms with E-state index in [1.165, 1.54) is 48.5 Å². The van der Waals surface area contributed by atoms with Crippen molar-refractivity contribution in [3.63, 3.8) is 0 Å². The molecule has 2 aromatic rings. The fourth-order valence-corrected chi connectivity index (χ4v) is 2.19. The lowest BCUT2D eigenvalue weighted by Crippen LogP contribution is -2.38. The van der Waals surface area contributed by atoms with Gasteiger partial charge in [-0.25, -0.2) is 8.78 Å². The minimum Gasteiger partial charge on any atom is -0.350 e. The molecule has 0 saturated heterocycles. The SMILES string of the molecule is CCN(CCNC(=O)c1ccc(F)cc1)C(=O)c1ccc(F)cc1. The highest BCUT2D eigenvalue weighted by Gasteiger charge is 2.14. The predicted molar refractivity (Wildman–Crippen MR) is 86.7 cm³/mol. The van der Waals surface area contributed by atoms with Crippen LogP contribution in [0.3, 0.4) is 0 Å². The monoisotopic (exact) mass is 332 g/mol. The third-order valence-electron chi connectivity index (χ3n) is 3.53. The highest BCUT2D eigenvalue weighted by molar-refractivity contribution is 5.95. The average molecular weight is 332 g/mol. The molecule has 2 rings (SSSR count). The number of carbonyl (C=O) groups excluding carboxylic acids is 2. The lowest BCUT2D eigenvalue weighted by atomic mass is 10.2. The van der Waals surface area contributed by atoms with Crippen molar-refractivity contribution in [2.45, 2.75) is 6.92 Å². The molecule has 1 N–H and O–H groups in total. The summed E-state index contributed by atoms with van der Waals surface area (Å²) in [6, 6.07) is 10.5. The molecule has 0 aliphatic rings. The number of carbonyl (C=O) groups is 2. The first kappa shape index (κ1) is 17.6. The van der Waals surface area contributed by atoms with E-state index in [0.29, 0.717) is 24.2 Å². The number of benzene rings is 2. The van der Waals surface area contributed by atoms with Gasteiger partial charge in [-0.3, -0.25) is 9.59 Å². The fourth-order valence-electron chi connectivity index (χ4n) is 2.19. The normalized spacial score (nSPS) is 10.3. The Balaban J connectivity index is 1.89. The molecule has 0 aliphatic carbocycles. The van der Waals surface area contributed by atoms with Gasteiger partial charge in [0.25, 0.3) is 11.8 Å². The smallest absolute Gasteiger partial charge is 0.253 e. The Bertz CT molecular complexity index is 700. The summed E-state index contributed by atoms with van der Waals surface area (Å²) >= 11 is 0. The molecule has 0 spiro atoms. The van der Waals surface area contributed by atoms with E-state index in [1.54, 1.807) is 4.90 Å². The van der Waals surface area contributed by atoms with Gasteiger partial charge in [-0.1, -0.05) is 0 Å². The summed E-state index contributed by atoms with van der Waals surface area (Å²) in [6.07, 6.45) is 0. The maximum absolute atomic E-state index is 12.9. The first-order valence-electron chi connectivity index (χ1n) is 7.60. The lowest BCUT2D eigenvalue weighted by molar-refractivity contribution is 0.0757. The number of halogens is 2. The maximum Gasteiger partial charge on any atom is 0.253 e. The van der Waals surface area contributed by atoms with Crippen molar-refractivity contribution >= 4 is 11.8 Å². The van der Waals surface area contributed by atoms with Crippen molar-refractivity contribution < 1.29 is 18.4 Å². The van der Waals surface area contributed by atoms with E-state index in [1.807, 2.05) is 6.92 Å². The van der Waals surface area contributed by atoms with E-state index >= 15 is 0 Å². The molecular formula is C18H18F2N2O2. The standard InChI is InChI=1S/C18H18F2N2O2/c1-2-22(18(24)14-5-9-16(20)10-6-14)12-11-21-17(23)13-3-7-15(19)8-4-13/h3-10H,2,11-12H2,1H3,(H,21,23). The Kier molecular flexibility index (Phi) is 6.01. The van der Waals surface area contributed by atoms with E-state index in [9.17, 15) is 18.4 Å². The van der Waals surface area contributed by atoms with Crippen molar-refractivity contribution in [3.05, 3.63) is 71.3 Å². The first-order valence-corrected chi connectivity index (χ1v) is 7.60. The van der Waals surface area contributed by atoms with Gasteiger partial charge in [-0.15, -0.1) is 0 Å². The Morgan fingerprint density at radius 3 is 1.92 bits per heavy atom. The van der Waals surface area contributed by atoms with Crippen LogP contribution in [0.5, 0.6) is 0 Å². The minimum absolute atomic E-state index is 0.228. The van der Waals surface area contributed by atoms with E-state index < -0.39 is 11.6 Å².